The quantitative estimate of drug-likeness (QED) is 0.617. The number of nitrogens with one attached hydrogen (secondary N) is 1. The average Bonchev–Trinajstić information content (AvgIpc) is 2.84. The second-order valence-electron chi connectivity index (χ2n) is 7.62. The Morgan fingerprint density at radius 3 is 2.36 bits per heavy atom. The Balaban J connectivity index is 1.59. The van der Waals surface area contributed by atoms with E-state index in [-0.39, 0.29) is 30.2 Å². The highest BCUT2D eigenvalue weighted by molar-refractivity contribution is 5.79. The van der Waals surface area contributed by atoms with Crippen molar-refractivity contribution >= 4 is 5.91 Å². The van der Waals surface area contributed by atoms with E-state index in [1.807, 2.05) is 0 Å². The number of aromatic nitrogens is 2. The summed E-state index contributed by atoms with van der Waals surface area (Å²) in [5, 5.41) is 0. The van der Waals surface area contributed by atoms with Gasteiger partial charge in [0.15, 0.2) is 11.5 Å². The summed E-state index contributed by atoms with van der Waals surface area (Å²) in [6.07, 6.45) is 0.594. The Morgan fingerprint density at radius 1 is 1.09 bits per heavy atom. The first-order chi connectivity index (χ1) is 15.9. The molecule has 1 amide bonds. The van der Waals surface area contributed by atoms with Crippen LogP contribution in [0.5, 0.6) is 17.2 Å². The predicted molar refractivity (Wildman–Crippen MR) is 119 cm³/mol. The lowest BCUT2D eigenvalue weighted by Gasteiger charge is -2.28. The van der Waals surface area contributed by atoms with Gasteiger partial charge in [0, 0.05) is 18.5 Å². The van der Waals surface area contributed by atoms with Crippen LogP contribution in [0, 0.1) is 5.82 Å². The van der Waals surface area contributed by atoms with E-state index >= 15 is 0 Å². The van der Waals surface area contributed by atoms with Crippen LogP contribution in [-0.4, -0.2) is 48.6 Å². The van der Waals surface area contributed by atoms with E-state index < -0.39 is 0 Å². The van der Waals surface area contributed by atoms with Crippen molar-refractivity contribution in [3.8, 4) is 28.6 Å². The molecule has 3 aromatic rings. The molecule has 0 saturated carbocycles. The smallest absolute Gasteiger partial charge is 0.256 e. The number of fused-ring (bicyclic) bond motifs is 1. The zero-order valence-corrected chi connectivity index (χ0v) is 18.6. The van der Waals surface area contributed by atoms with Gasteiger partial charge in [-0.25, -0.2) is 9.37 Å². The van der Waals surface area contributed by atoms with Crippen molar-refractivity contribution in [2.45, 2.75) is 19.4 Å². The maximum Gasteiger partial charge on any atom is 0.256 e. The summed E-state index contributed by atoms with van der Waals surface area (Å²) in [5.41, 5.74) is 2.14. The second-order valence-corrected chi connectivity index (χ2v) is 7.62. The van der Waals surface area contributed by atoms with E-state index in [2.05, 4.69) is 9.97 Å². The number of halogens is 1. The Kier molecular flexibility index (Phi) is 6.30. The number of benzene rings is 2. The summed E-state index contributed by atoms with van der Waals surface area (Å²) in [4.78, 5) is 34.7. The van der Waals surface area contributed by atoms with Gasteiger partial charge < -0.3 is 24.1 Å². The molecule has 0 atom stereocenters. The third kappa shape index (κ3) is 4.52. The Morgan fingerprint density at radius 2 is 1.76 bits per heavy atom. The summed E-state index contributed by atoms with van der Waals surface area (Å²) >= 11 is 0. The molecule has 0 unspecified atom stereocenters. The molecule has 1 N–H and O–H groups in total. The highest BCUT2D eigenvalue weighted by Gasteiger charge is 2.25. The molecule has 0 aliphatic carbocycles. The number of carbonyl (C=O) groups excluding carboxylic acids is 1. The molecule has 1 aromatic heterocycles. The number of aromatic amines is 1. The summed E-state index contributed by atoms with van der Waals surface area (Å²) in [6.45, 7) is 0.616. The lowest BCUT2D eigenvalue weighted by Crippen LogP contribution is -2.40. The van der Waals surface area contributed by atoms with Crippen molar-refractivity contribution in [3.05, 3.63) is 69.4 Å². The number of methoxy groups -OCH3 is 3. The summed E-state index contributed by atoms with van der Waals surface area (Å²) < 4.78 is 29.2. The Labute approximate surface area is 189 Å². The van der Waals surface area contributed by atoms with Gasteiger partial charge in [-0.05, 0) is 29.8 Å². The van der Waals surface area contributed by atoms with Crippen molar-refractivity contribution in [1.82, 2.24) is 14.9 Å². The SMILES string of the molecule is COc1cc(-c2nc3c(c(=O)[nH]2)CN(C(=O)Cc2ccc(F)cc2)CC3)cc(OC)c1OC. The third-order valence-electron chi connectivity index (χ3n) is 5.63. The maximum atomic E-state index is 13.1. The van der Waals surface area contributed by atoms with Crippen LogP contribution in [0.25, 0.3) is 11.4 Å². The lowest BCUT2D eigenvalue weighted by atomic mass is 10.0. The van der Waals surface area contributed by atoms with Crippen LogP contribution < -0.4 is 19.8 Å². The van der Waals surface area contributed by atoms with Crippen LogP contribution in [0.15, 0.2) is 41.2 Å². The normalized spacial score (nSPS) is 12.8. The highest BCUT2D eigenvalue weighted by atomic mass is 19.1. The first-order valence-electron chi connectivity index (χ1n) is 10.4. The largest absolute Gasteiger partial charge is 0.493 e. The van der Waals surface area contributed by atoms with Crippen LogP contribution in [-0.2, 0) is 24.2 Å². The third-order valence-corrected chi connectivity index (χ3v) is 5.63. The first-order valence-corrected chi connectivity index (χ1v) is 10.4. The summed E-state index contributed by atoms with van der Waals surface area (Å²) in [7, 11) is 4.55. The molecular weight excluding hydrogens is 429 g/mol. The van der Waals surface area contributed by atoms with Gasteiger partial charge in [0.05, 0.1) is 45.6 Å². The van der Waals surface area contributed by atoms with Gasteiger partial charge in [-0.15, -0.1) is 0 Å². The van der Waals surface area contributed by atoms with Crippen molar-refractivity contribution in [3.63, 3.8) is 0 Å². The minimum atomic E-state index is -0.349. The molecule has 0 saturated heterocycles. The number of hydrogen-bond donors (Lipinski definition) is 1. The monoisotopic (exact) mass is 453 g/mol. The van der Waals surface area contributed by atoms with Gasteiger partial charge in [-0.1, -0.05) is 12.1 Å². The molecular formula is C24H24FN3O5. The standard InChI is InChI=1S/C24H24FN3O5/c1-31-19-11-15(12-20(32-2)22(19)33-3)23-26-18-8-9-28(13-17(18)24(30)27-23)21(29)10-14-4-6-16(25)7-5-14/h4-7,11-12H,8-10,13H2,1-3H3,(H,26,27,30). The molecule has 172 valence electrons. The molecule has 0 radical (unpaired) electrons. The molecule has 1 aliphatic heterocycles. The summed E-state index contributed by atoms with van der Waals surface area (Å²) in [6, 6.07) is 9.26. The fourth-order valence-corrected chi connectivity index (χ4v) is 3.88. The highest BCUT2D eigenvalue weighted by Crippen LogP contribution is 2.40. The van der Waals surface area contributed by atoms with Crippen LogP contribution in [0.4, 0.5) is 4.39 Å². The first kappa shape index (κ1) is 22.3. The number of amides is 1. The fourth-order valence-electron chi connectivity index (χ4n) is 3.88. The molecule has 9 heteroatoms. The molecule has 0 fully saturated rings. The lowest BCUT2D eigenvalue weighted by molar-refractivity contribution is -0.131. The molecule has 2 aromatic carbocycles. The molecule has 2 heterocycles. The van der Waals surface area contributed by atoms with Crippen molar-refractivity contribution in [2.75, 3.05) is 27.9 Å². The predicted octanol–water partition coefficient (Wildman–Crippen LogP) is 2.73. The zero-order valence-electron chi connectivity index (χ0n) is 18.6. The molecule has 8 nitrogen and oxygen atoms in total. The van der Waals surface area contributed by atoms with Crippen molar-refractivity contribution in [2.24, 2.45) is 0 Å². The minimum Gasteiger partial charge on any atom is -0.493 e. The van der Waals surface area contributed by atoms with Crippen LogP contribution in [0.1, 0.15) is 16.8 Å². The van der Waals surface area contributed by atoms with E-state index in [0.29, 0.717) is 52.9 Å². The number of rotatable bonds is 6. The molecule has 0 bridgehead atoms. The van der Waals surface area contributed by atoms with Crippen LogP contribution >= 0.6 is 0 Å². The van der Waals surface area contributed by atoms with Gasteiger partial charge >= 0.3 is 0 Å². The molecule has 33 heavy (non-hydrogen) atoms. The van der Waals surface area contributed by atoms with E-state index in [9.17, 15) is 14.0 Å². The van der Waals surface area contributed by atoms with Gasteiger partial charge in [-0.2, -0.15) is 0 Å². The fraction of sp³-hybridized carbons (Fsp3) is 0.292. The summed E-state index contributed by atoms with van der Waals surface area (Å²) in [5.74, 6) is 1.25. The van der Waals surface area contributed by atoms with Gasteiger partial charge in [0.1, 0.15) is 11.6 Å². The number of ether oxygens (including phenoxy) is 3. The maximum absolute atomic E-state index is 13.1. The average molecular weight is 453 g/mol. The molecule has 0 spiro atoms. The van der Waals surface area contributed by atoms with Crippen LogP contribution in [0.2, 0.25) is 0 Å². The minimum absolute atomic E-state index is 0.125. The second kappa shape index (κ2) is 9.32. The van der Waals surface area contributed by atoms with Gasteiger partial charge in [0.25, 0.3) is 5.56 Å². The zero-order chi connectivity index (χ0) is 23.5. The van der Waals surface area contributed by atoms with E-state index in [1.54, 1.807) is 29.2 Å². The van der Waals surface area contributed by atoms with Gasteiger partial charge in [-0.3, -0.25) is 9.59 Å². The number of carbonyl (C=O) groups is 1. The van der Waals surface area contributed by atoms with Crippen molar-refractivity contribution in [1.29, 1.82) is 0 Å². The van der Waals surface area contributed by atoms with Gasteiger partial charge in [0.2, 0.25) is 11.7 Å². The number of H-pyrrole nitrogens is 1. The van der Waals surface area contributed by atoms with Crippen LogP contribution in [0.3, 0.4) is 0 Å². The number of nitrogens with zero attached hydrogens (tertiary/aromatic N) is 2. The molecule has 1 aliphatic rings. The Hall–Kier alpha value is -3.88. The molecule has 4 rings (SSSR count). The topological polar surface area (TPSA) is 93.8 Å². The number of hydrogen-bond acceptors (Lipinski definition) is 6. The Bertz CT molecular complexity index is 1210. The van der Waals surface area contributed by atoms with E-state index in [1.165, 1.54) is 33.5 Å². The van der Waals surface area contributed by atoms with E-state index in [4.69, 9.17) is 14.2 Å². The van der Waals surface area contributed by atoms with E-state index in [0.717, 1.165) is 5.56 Å². The van der Waals surface area contributed by atoms with Crippen molar-refractivity contribution < 1.29 is 23.4 Å².